The quantitative estimate of drug-likeness (QED) is 0.574. The molecule has 0 radical (unpaired) electrons. The summed E-state index contributed by atoms with van der Waals surface area (Å²) in [6.45, 7) is 1.44. The first-order valence-corrected chi connectivity index (χ1v) is 4.71. The number of hydrogen-bond donors (Lipinski definition) is 2. The van der Waals surface area contributed by atoms with Gasteiger partial charge in [0.15, 0.2) is 5.78 Å². The molecule has 1 atom stereocenters. The van der Waals surface area contributed by atoms with Crippen LogP contribution in [0.5, 0.6) is 0 Å². The molecule has 0 heterocycles. The third-order valence-electron chi connectivity index (χ3n) is 2.15. The number of Topliss-reactive ketones (excluding diaryl/α,β-unsaturated/α-hetero) is 1. The van der Waals surface area contributed by atoms with E-state index in [0.29, 0.717) is 11.1 Å². The van der Waals surface area contributed by atoms with Crippen molar-refractivity contribution in [3.63, 3.8) is 0 Å². The summed E-state index contributed by atoms with van der Waals surface area (Å²) < 4.78 is 0. The van der Waals surface area contributed by atoms with Gasteiger partial charge in [-0.2, -0.15) is 0 Å². The Morgan fingerprint density at radius 1 is 1.40 bits per heavy atom. The van der Waals surface area contributed by atoms with Gasteiger partial charge in [0.2, 0.25) is 0 Å². The Bertz CT molecular complexity index is 354. The number of benzene rings is 1. The summed E-state index contributed by atoms with van der Waals surface area (Å²) in [5.74, 6) is -0.349. The molecular formula is C12H14O3. The topological polar surface area (TPSA) is 57.5 Å². The van der Waals surface area contributed by atoms with E-state index >= 15 is 0 Å². The Morgan fingerprint density at radius 2 is 2.00 bits per heavy atom. The zero-order chi connectivity index (χ0) is 11.3. The van der Waals surface area contributed by atoms with Gasteiger partial charge in [-0.3, -0.25) is 4.79 Å². The van der Waals surface area contributed by atoms with E-state index in [9.17, 15) is 9.90 Å². The highest BCUT2D eigenvalue weighted by Gasteiger charge is 2.17. The molecule has 0 spiro atoms. The molecule has 0 aliphatic heterocycles. The van der Waals surface area contributed by atoms with Crippen LogP contribution in [-0.2, 0) is 0 Å². The lowest BCUT2D eigenvalue weighted by Crippen LogP contribution is -2.21. The number of ketones is 1. The van der Waals surface area contributed by atoms with E-state index in [1.54, 1.807) is 37.3 Å². The van der Waals surface area contributed by atoms with E-state index in [0.717, 1.165) is 0 Å². The van der Waals surface area contributed by atoms with E-state index in [4.69, 9.17) is 5.11 Å². The number of hydrogen-bond acceptors (Lipinski definition) is 3. The highest BCUT2D eigenvalue weighted by atomic mass is 16.3. The van der Waals surface area contributed by atoms with Crippen LogP contribution in [0.4, 0.5) is 0 Å². The summed E-state index contributed by atoms with van der Waals surface area (Å²) in [5.41, 5.74) is 0.932. The number of aliphatic hydroxyl groups is 2. The molecular weight excluding hydrogens is 192 g/mol. The first-order valence-electron chi connectivity index (χ1n) is 4.71. The van der Waals surface area contributed by atoms with Crippen molar-refractivity contribution in [1.82, 2.24) is 0 Å². The monoisotopic (exact) mass is 206 g/mol. The summed E-state index contributed by atoms with van der Waals surface area (Å²) in [4.78, 5) is 11.7. The molecule has 1 rings (SSSR count). The molecule has 1 aromatic rings. The maximum atomic E-state index is 11.7. The highest BCUT2D eigenvalue weighted by molar-refractivity contribution is 6.01. The fraction of sp³-hybridized carbons (Fsp3) is 0.250. The molecule has 3 heteroatoms. The first-order chi connectivity index (χ1) is 7.16. The van der Waals surface area contributed by atoms with E-state index in [1.807, 2.05) is 0 Å². The van der Waals surface area contributed by atoms with Crippen LogP contribution in [0.3, 0.4) is 0 Å². The van der Waals surface area contributed by atoms with Gasteiger partial charge in [-0.1, -0.05) is 36.4 Å². The normalized spacial score (nSPS) is 13.7. The molecule has 1 unspecified atom stereocenters. The van der Waals surface area contributed by atoms with Gasteiger partial charge in [0.05, 0.1) is 6.61 Å². The van der Waals surface area contributed by atoms with Gasteiger partial charge < -0.3 is 10.2 Å². The molecule has 15 heavy (non-hydrogen) atoms. The molecule has 0 saturated carbocycles. The number of carbonyl (C=O) groups is 1. The molecule has 1 aromatic carbocycles. The highest BCUT2D eigenvalue weighted by Crippen LogP contribution is 2.09. The van der Waals surface area contributed by atoms with Crippen LogP contribution in [0.1, 0.15) is 17.3 Å². The maximum Gasteiger partial charge on any atom is 0.195 e. The van der Waals surface area contributed by atoms with Crippen LogP contribution >= 0.6 is 0 Å². The molecule has 0 bridgehead atoms. The molecule has 3 nitrogen and oxygen atoms in total. The minimum absolute atomic E-state index is 0.176. The number of aliphatic hydroxyl groups excluding tert-OH is 2. The van der Waals surface area contributed by atoms with E-state index in [2.05, 4.69) is 0 Å². The van der Waals surface area contributed by atoms with Crippen LogP contribution in [0.15, 0.2) is 42.0 Å². The summed E-state index contributed by atoms with van der Waals surface area (Å²) in [5, 5.41) is 18.3. The lowest BCUT2D eigenvalue weighted by Gasteiger charge is -2.09. The van der Waals surface area contributed by atoms with Gasteiger partial charge in [-0.15, -0.1) is 0 Å². The molecule has 2 N–H and O–H groups in total. The predicted molar refractivity (Wildman–Crippen MR) is 57.6 cm³/mol. The van der Waals surface area contributed by atoms with Crippen LogP contribution < -0.4 is 0 Å². The molecule has 0 fully saturated rings. The van der Waals surface area contributed by atoms with Gasteiger partial charge in [0.1, 0.15) is 6.10 Å². The smallest absolute Gasteiger partial charge is 0.195 e. The second-order valence-electron chi connectivity index (χ2n) is 3.26. The predicted octanol–water partition coefficient (Wildman–Crippen LogP) is 1.17. The van der Waals surface area contributed by atoms with Crippen molar-refractivity contribution in [2.75, 3.05) is 6.61 Å². The van der Waals surface area contributed by atoms with Crippen molar-refractivity contribution < 1.29 is 15.0 Å². The molecule has 80 valence electrons. The average Bonchev–Trinajstić information content (AvgIpc) is 2.28. The first kappa shape index (κ1) is 11.6. The Balaban J connectivity index is 2.82. The molecule has 0 aliphatic rings. The fourth-order valence-corrected chi connectivity index (χ4v) is 1.22. The lowest BCUT2D eigenvalue weighted by atomic mass is 10.0. The van der Waals surface area contributed by atoms with Crippen molar-refractivity contribution in [1.29, 1.82) is 0 Å². The number of carbonyl (C=O) groups excluding carboxylic acids is 1. The molecule has 0 amide bonds. The second kappa shape index (κ2) is 5.44. The van der Waals surface area contributed by atoms with Gasteiger partial charge in [-0.25, -0.2) is 0 Å². The van der Waals surface area contributed by atoms with Crippen molar-refractivity contribution in [3.8, 4) is 0 Å². The van der Waals surface area contributed by atoms with Crippen molar-refractivity contribution >= 4 is 5.78 Å². The third kappa shape index (κ3) is 3.01. The van der Waals surface area contributed by atoms with Gasteiger partial charge in [0, 0.05) is 5.56 Å². The maximum absolute atomic E-state index is 11.7. The largest absolute Gasteiger partial charge is 0.392 e. The SMILES string of the molecule is C/C(=C\CO)C(O)C(=O)c1ccccc1. The Hall–Kier alpha value is -1.45. The minimum atomic E-state index is -1.17. The van der Waals surface area contributed by atoms with E-state index in [-0.39, 0.29) is 12.4 Å². The zero-order valence-electron chi connectivity index (χ0n) is 8.55. The summed E-state index contributed by atoms with van der Waals surface area (Å²) >= 11 is 0. The molecule has 0 saturated heterocycles. The summed E-state index contributed by atoms with van der Waals surface area (Å²) in [6, 6.07) is 8.59. The van der Waals surface area contributed by atoms with Crippen LogP contribution in [-0.4, -0.2) is 28.7 Å². The van der Waals surface area contributed by atoms with Crippen molar-refractivity contribution in [3.05, 3.63) is 47.5 Å². The average molecular weight is 206 g/mol. The van der Waals surface area contributed by atoms with Gasteiger partial charge in [0.25, 0.3) is 0 Å². The standard InChI is InChI=1S/C12H14O3/c1-9(7-8-13)11(14)12(15)10-5-3-2-4-6-10/h2-7,11,13-14H,8H2,1H3/b9-7+. The van der Waals surface area contributed by atoms with E-state index in [1.165, 1.54) is 6.08 Å². The van der Waals surface area contributed by atoms with Crippen molar-refractivity contribution in [2.45, 2.75) is 13.0 Å². The molecule has 0 aliphatic carbocycles. The molecule has 0 aromatic heterocycles. The summed E-state index contributed by atoms with van der Waals surface area (Å²) in [7, 11) is 0. The lowest BCUT2D eigenvalue weighted by molar-refractivity contribution is 0.0804. The number of rotatable bonds is 4. The Morgan fingerprint density at radius 3 is 2.53 bits per heavy atom. The van der Waals surface area contributed by atoms with Crippen LogP contribution in [0.25, 0.3) is 0 Å². The van der Waals surface area contributed by atoms with Gasteiger partial charge in [-0.05, 0) is 12.5 Å². The Kier molecular flexibility index (Phi) is 4.21. The van der Waals surface area contributed by atoms with Crippen molar-refractivity contribution in [2.24, 2.45) is 0 Å². The second-order valence-corrected chi connectivity index (χ2v) is 3.26. The fourth-order valence-electron chi connectivity index (χ4n) is 1.22. The van der Waals surface area contributed by atoms with Crippen LogP contribution in [0, 0.1) is 0 Å². The van der Waals surface area contributed by atoms with Crippen LogP contribution in [0.2, 0.25) is 0 Å². The summed E-state index contributed by atoms with van der Waals surface area (Å²) in [6.07, 6.45) is 0.255. The zero-order valence-corrected chi connectivity index (χ0v) is 8.55. The Labute approximate surface area is 88.7 Å². The third-order valence-corrected chi connectivity index (χ3v) is 2.15. The van der Waals surface area contributed by atoms with E-state index < -0.39 is 6.10 Å². The minimum Gasteiger partial charge on any atom is -0.392 e. The van der Waals surface area contributed by atoms with Gasteiger partial charge >= 0.3 is 0 Å².